The van der Waals surface area contributed by atoms with E-state index in [-0.39, 0.29) is 0 Å². The Hall–Kier alpha value is -1.99. The van der Waals surface area contributed by atoms with Gasteiger partial charge in [-0.05, 0) is 36.8 Å². The molecule has 134 valence electrons. The Balaban J connectivity index is 2.12. The van der Waals surface area contributed by atoms with E-state index < -0.39 is 35.8 Å². The smallest absolute Gasteiger partial charge is 0.348 e. The number of aromatic nitrogens is 1. The molecular formula is C16H13Cl2F3N2O2. The van der Waals surface area contributed by atoms with E-state index in [1.54, 1.807) is 25.1 Å². The SMILES string of the molecule is CC(NC(=O)Cn1cccc(C(F)(F)F)c1=O)c1ccc(Cl)c(Cl)c1. The van der Waals surface area contributed by atoms with Crippen LogP contribution in [0.15, 0.2) is 41.3 Å². The molecule has 2 aromatic rings. The lowest BCUT2D eigenvalue weighted by Crippen LogP contribution is -2.35. The second-order valence-corrected chi connectivity index (χ2v) is 6.13. The largest absolute Gasteiger partial charge is 0.421 e. The van der Waals surface area contributed by atoms with Gasteiger partial charge in [-0.25, -0.2) is 0 Å². The van der Waals surface area contributed by atoms with Crippen LogP contribution in [0.4, 0.5) is 13.2 Å². The number of amides is 1. The first-order valence-corrected chi connectivity index (χ1v) is 7.86. The van der Waals surface area contributed by atoms with Crippen LogP contribution in [0.1, 0.15) is 24.1 Å². The third-order valence-corrected chi connectivity index (χ3v) is 4.20. The molecule has 1 amide bonds. The Labute approximate surface area is 151 Å². The van der Waals surface area contributed by atoms with Crippen molar-refractivity contribution in [2.24, 2.45) is 0 Å². The van der Waals surface area contributed by atoms with Crippen LogP contribution in [0.25, 0.3) is 0 Å². The van der Waals surface area contributed by atoms with Gasteiger partial charge in [0.05, 0.1) is 16.1 Å². The van der Waals surface area contributed by atoms with Gasteiger partial charge in [-0.2, -0.15) is 13.2 Å². The van der Waals surface area contributed by atoms with E-state index in [0.29, 0.717) is 26.2 Å². The molecule has 0 aliphatic rings. The molecule has 1 unspecified atom stereocenters. The van der Waals surface area contributed by atoms with Crippen LogP contribution in [-0.2, 0) is 17.5 Å². The number of alkyl halides is 3. The first-order valence-electron chi connectivity index (χ1n) is 7.10. The summed E-state index contributed by atoms with van der Waals surface area (Å²) in [6.07, 6.45) is -3.65. The molecule has 1 aromatic carbocycles. The molecule has 0 spiro atoms. The number of rotatable bonds is 4. The van der Waals surface area contributed by atoms with Gasteiger partial charge in [0.25, 0.3) is 5.56 Å². The van der Waals surface area contributed by atoms with Crippen molar-refractivity contribution >= 4 is 29.1 Å². The normalized spacial score (nSPS) is 12.7. The van der Waals surface area contributed by atoms with Crippen molar-refractivity contribution in [3.8, 4) is 0 Å². The number of nitrogens with one attached hydrogen (secondary N) is 1. The van der Waals surface area contributed by atoms with E-state index in [2.05, 4.69) is 5.32 Å². The molecule has 0 saturated carbocycles. The maximum Gasteiger partial charge on any atom is 0.421 e. The molecule has 1 aromatic heterocycles. The van der Waals surface area contributed by atoms with Crippen molar-refractivity contribution < 1.29 is 18.0 Å². The number of pyridine rings is 1. The average molecular weight is 393 g/mol. The summed E-state index contributed by atoms with van der Waals surface area (Å²) in [6, 6.07) is 6.08. The molecule has 0 radical (unpaired) electrons. The first kappa shape index (κ1) is 19.3. The number of hydrogen-bond acceptors (Lipinski definition) is 2. The molecule has 1 heterocycles. The van der Waals surface area contributed by atoms with Gasteiger partial charge in [0.2, 0.25) is 5.91 Å². The van der Waals surface area contributed by atoms with E-state index in [1.807, 2.05) is 0 Å². The molecule has 4 nitrogen and oxygen atoms in total. The molecule has 9 heteroatoms. The molecule has 1 N–H and O–H groups in total. The maximum atomic E-state index is 12.7. The summed E-state index contributed by atoms with van der Waals surface area (Å²) in [4.78, 5) is 23.9. The lowest BCUT2D eigenvalue weighted by Gasteiger charge is -2.16. The van der Waals surface area contributed by atoms with E-state index in [4.69, 9.17) is 23.2 Å². The predicted molar refractivity (Wildman–Crippen MR) is 88.7 cm³/mol. The highest BCUT2D eigenvalue weighted by atomic mass is 35.5. The lowest BCUT2D eigenvalue weighted by atomic mass is 10.1. The Morgan fingerprint density at radius 3 is 2.52 bits per heavy atom. The fourth-order valence-electron chi connectivity index (χ4n) is 2.18. The zero-order valence-electron chi connectivity index (χ0n) is 12.9. The van der Waals surface area contributed by atoms with Gasteiger partial charge >= 0.3 is 6.18 Å². The van der Waals surface area contributed by atoms with E-state index in [9.17, 15) is 22.8 Å². The predicted octanol–water partition coefficient (Wildman–Crippen LogP) is 4.05. The minimum atomic E-state index is -4.77. The molecule has 0 bridgehead atoms. The molecule has 0 aliphatic heterocycles. The highest BCUT2D eigenvalue weighted by molar-refractivity contribution is 6.42. The van der Waals surface area contributed by atoms with Gasteiger partial charge in [-0.1, -0.05) is 29.3 Å². The number of carbonyl (C=O) groups is 1. The number of carbonyl (C=O) groups excluding carboxylic acids is 1. The zero-order chi connectivity index (χ0) is 18.8. The van der Waals surface area contributed by atoms with Crippen molar-refractivity contribution in [2.75, 3.05) is 0 Å². The fraction of sp³-hybridized carbons (Fsp3) is 0.250. The lowest BCUT2D eigenvalue weighted by molar-refractivity contribution is -0.139. The standard InChI is InChI=1S/C16H13Cl2F3N2O2/c1-9(10-4-5-12(17)13(18)7-10)22-14(24)8-23-6-2-3-11(15(23)25)16(19,20)21/h2-7,9H,8H2,1H3,(H,22,24). The van der Waals surface area contributed by atoms with Crippen molar-refractivity contribution in [2.45, 2.75) is 25.7 Å². The monoisotopic (exact) mass is 392 g/mol. The minimum absolute atomic E-state index is 0.314. The van der Waals surface area contributed by atoms with Crippen molar-refractivity contribution in [3.63, 3.8) is 0 Å². The summed E-state index contributed by atoms with van der Waals surface area (Å²) in [7, 11) is 0. The molecular weight excluding hydrogens is 380 g/mol. The fourth-order valence-corrected chi connectivity index (χ4v) is 2.49. The van der Waals surface area contributed by atoms with Crippen LogP contribution in [-0.4, -0.2) is 10.5 Å². The van der Waals surface area contributed by atoms with Crippen molar-refractivity contribution in [1.82, 2.24) is 9.88 Å². The van der Waals surface area contributed by atoms with Gasteiger partial charge in [-0.3, -0.25) is 9.59 Å². The van der Waals surface area contributed by atoms with E-state index >= 15 is 0 Å². The second kappa shape index (κ2) is 7.49. The minimum Gasteiger partial charge on any atom is -0.348 e. The summed E-state index contributed by atoms with van der Waals surface area (Å²) in [5.41, 5.74) is -1.92. The van der Waals surface area contributed by atoms with Crippen LogP contribution in [0.3, 0.4) is 0 Å². The summed E-state index contributed by atoms with van der Waals surface area (Å²) >= 11 is 11.7. The molecule has 25 heavy (non-hydrogen) atoms. The van der Waals surface area contributed by atoms with Gasteiger partial charge < -0.3 is 9.88 Å². The van der Waals surface area contributed by atoms with E-state index in [0.717, 1.165) is 12.3 Å². The van der Waals surface area contributed by atoms with Crippen LogP contribution in [0, 0.1) is 0 Å². The second-order valence-electron chi connectivity index (χ2n) is 5.32. The topological polar surface area (TPSA) is 51.1 Å². The average Bonchev–Trinajstić information content (AvgIpc) is 2.50. The molecule has 2 rings (SSSR count). The quantitative estimate of drug-likeness (QED) is 0.852. The summed E-state index contributed by atoms with van der Waals surface area (Å²) in [5.74, 6) is -0.611. The van der Waals surface area contributed by atoms with E-state index in [1.165, 1.54) is 0 Å². The molecule has 0 saturated heterocycles. The molecule has 1 atom stereocenters. The number of hydrogen-bond donors (Lipinski definition) is 1. The number of nitrogens with zero attached hydrogens (tertiary/aromatic N) is 1. The van der Waals surface area contributed by atoms with Crippen LogP contribution in [0.2, 0.25) is 10.0 Å². The summed E-state index contributed by atoms with van der Waals surface area (Å²) in [5, 5.41) is 3.27. The Morgan fingerprint density at radius 1 is 1.24 bits per heavy atom. The van der Waals surface area contributed by atoms with Gasteiger partial charge in [-0.15, -0.1) is 0 Å². The maximum absolute atomic E-state index is 12.7. The number of halogens is 5. The summed E-state index contributed by atoms with van der Waals surface area (Å²) in [6.45, 7) is 1.14. The number of benzene rings is 1. The van der Waals surface area contributed by atoms with Crippen molar-refractivity contribution in [3.05, 3.63) is 68.1 Å². The Bertz CT molecular complexity index is 850. The Morgan fingerprint density at radius 2 is 1.92 bits per heavy atom. The van der Waals surface area contributed by atoms with Crippen molar-refractivity contribution in [1.29, 1.82) is 0 Å². The zero-order valence-corrected chi connectivity index (χ0v) is 14.4. The molecule has 0 fully saturated rings. The van der Waals surface area contributed by atoms with Gasteiger partial charge in [0.15, 0.2) is 0 Å². The summed E-state index contributed by atoms with van der Waals surface area (Å²) < 4.78 is 38.9. The third kappa shape index (κ3) is 4.76. The van der Waals surface area contributed by atoms with Crippen LogP contribution < -0.4 is 10.9 Å². The van der Waals surface area contributed by atoms with Gasteiger partial charge in [0.1, 0.15) is 12.1 Å². The highest BCUT2D eigenvalue weighted by Crippen LogP contribution is 2.26. The third-order valence-electron chi connectivity index (χ3n) is 3.46. The first-order chi connectivity index (χ1) is 11.6. The Kier molecular flexibility index (Phi) is 5.80. The van der Waals surface area contributed by atoms with Crippen LogP contribution >= 0.6 is 23.2 Å². The highest BCUT2D eigenvalue weighted by Gasteiger charge is 2.34. The molecule has 0 aliphatic carbocycles. The van der Waals surface area contributed by atoms with Gasteiger partial charge in [0, 0.05) is 6.20 Å². The van der Waals surface area contributed by atoms with Crippen LogP contribution in [0.5, 0.6) is 0 Å².